The van der Waals surface area contributed by atoms with E-state index in [0.29, 0.717) is 15.0 Å². The molecule has 2 rings (SSSR count). The maximum Gasteiger partial charge on any atom is 0.424 e. The van der Waals surface area contributed by atoms with Gasteiger partial charge in [-0.3, -0.25) is 0 Å². The van der Waals surface area contributed by atoms with E-state index in [0.717, 1.165) is 11.3 Å². The maximum absolute atomic E-state index is 12.8. The van der Waals surface area contributed by atoms with E-state index in [1.165, 1.54) is 0 Å². The van der Waals surface area contributed by atoms with E-state index in [1.54, 1.807) is 65.8 Å². The smallest absolute Gasteiger partial charge is 0.424 e. The van der Waals surface area contributed by atoms with Crippen LogP contribution in [-0.4, -0.2) is 34.5 Å². The first kappa shape index (κ1) is 20.7. The summed E-state index contributed by atoms with van der Waals surface area (Å²) in [6, 6.07) is 6.82. The average molecular weight is 393 g/mol. The SMILES string of the molecule is CC(C)(C)OC(=O)N(C(=O)OC(C)(C)C)c1c(C(=O)O)sc2ccccc12. The number of carbonyl (C=O) groups is 3. The fraction of sp³-hybridized carbons (Fsp3) is 0.421. The molecular weight excluding hydrogens is 370 g/mol. The summed E-state index contributed by atoms with van der Waals surface area (Å²) < 4.78 is 11.3. The number of hydrogen-bond donors (Lipinski definition) is 1. The Morgan fingerprint density at radius 3 is 1.85 bits per heavy atom. The van der Waals surface area contributed by atoms with E-state index < -0.39 is 29.4 Å². The number of carbonyl (C=O) groups excluding carboxylic acids is 2. The van der Waals surface area contributed by atoms with Gasteiger partial charge in [0.15, 0.2) is 0 Å². The Morgan fingerprint density at radius 2 is 1.41 bits per heavy atom. The first-order valence-electron chi connectivity index (χ1n) is 8.31. The largest absolute Gasteiger partial charge is 0.477 e. The molecule has 1 aromatic carbocycles. The van der Waals surface area contributed by atoms with E-state index in [4.69, 9.17) is 9.47 Å². The van der Waals surface area contributed by atoms with Crippen LogP contribution in [0.2, 0.25) is 0 Å². The quantitative estimate of drug-likeness (QED) is 0.746. The molecular formula is C19H23NO6S. The standard InChI is InChI=1S/C19H23NO6S/c1-18(2,3)25-16(23)20(17(24)26-19(4,5)6)13-11-9-7-8-10-12(11)27-14(13)15(21)22/h7-10H,1-6H3,(H,21,22). The molecule has 0 spiro atoms. The van der Waals surface area contributed by atoms with Crippen molar-refractivity contribution in [1.82, 2.24) is 0 Å². The van der Waals surface area contributed by atoms with Crippen molar-refractivity contribution in [1.29, 1.82) is 0 Å². The van der Waals surface area contributed by atoms with Gasteiger partial charge in [0.05, 0.1) is 5.69 Å². The molecule has 0 saturated carbocycles. The third-order valence-electron chi connectivity index (χ3n) is 3.14. The lowest BCUT2D eigenvalue weighted by atomic mass is 10.2. The van der Waals surface area contributed by atoms with Gasteiger partial charge in [-0.15, -0.1) is 11.3 Å². The Hall–Kier alpha value is -2.61. The molecule has 0 radical (unpaired) electrons. The summed E-state index contributed by atoms with van der Waals surface area (Å²) in [4.78, 5) is 37.9. The normalized spacial score (nSPS) is 11.9. The third-order valence-corrected chi connectivity index (χ3v) is 4.29. The molecule has 2 aromatic rings. The molecule has 1 aromatic heterocycles. The Morgan fingerprint density at radius 1 is 0.926 bits per heavy atom. The first-order valence-corrected chi connectivity index (χ1v) is 9.13. The van der Waals surface area contributed by atoms with E-state index in [-0.39, 0.29) is 10.6 Å². The zero-order chi connectivity index (χ0) is 20.6. The highest BCUT2D eigenvalue weighted by Gasteiger charge is 2.37. The summed E-state index contributed by atoms with van der Waals surface area (Å²) in [5, 5.41) is 10.1. The van der Waals surface area contributed by atoms with E-state index in [1.807, 2.05) is 0 Å². The van der Waals surface area contributed by atoms with Crippen LogP contribution in [0.1, 0.15) is 51.2 Å². The van der Waals surface area contributed by atoms with Crippen LogP contribution in [0.5, 0.6) is 0 Å². The molecule has 0 bridgehead atoms. The number of hydrogen-bond acceptors (Lipinski definition) is 6. The fourth-order valence-electron chi connectivity index (χ4n) is 2.27. The Kier molecular flexibility index (Phi) is 5.51. The molecule has 0 unspecified atom stereocenters. The lowest BCUT2D eigenvalue weighted by Gasteiger charge is -2.28. The van der Waals surface area contributed by atoms with E-state index >= 15 is 0 Å². The van der Waals surface area contributed by atoms with Crippen LogP contribution in [-0.2, 0) is 9.47 Å². The van der Waals surface area contributed by atoms with Crippen molar-refractivity contribution in [3.63, 3.8) is 0 Å². The van der Waals surface area contributed by atoms with Crippen molar-refractivity contribution in [2.75, 3.05) is 4.90 Å². The summed E-state index contributed by atoms with van der Waals surface area (Å²) >= 11 is 0.974. The van der Waals surface area contributed by atoms with Crippen molar-refractivity contribution >= 4 is 45.3 Å². The Bertz CT molecular complexity index is 860. The predicted molar refractivity (Wildman–Crippen MR) is 104 cm³/mol. The van der Waals surface area contributed by atoms with E-state index in [9.17, 15) is 19.5 Å². The summed E-state index contributed by atoms with van der Waals surface area (Å²) in [5.41, 5.74) is -1.81. The minimum atomic E-state index is -1.25. The summed E-state index contributed by atoms with van der Waals surface area (Å²) in [6.07, 6.45) is -1.99. The number of nitrogens with zero attached hydrogens (tertiary/aromatic N) is 1. The van der Waals surface area contributed by atoms with E-state index in [2.05, 4.69) is 0 Å². The zero-order valence-corrected chi connectivity index (χ0v) is 17.0. The second-order valence-corrected chi connectivity index (χ2v) is 8.93. The minimum absolute atomic E-state index is 0.0494. The number of benzene rings is 1. The Balaban J connectivity index is 2.68. The van der Waals surface area contributed by atoms with Gasteiger partial charge in [0.1, 0.15) is 16.1 Å². The van der Waals surface area contributed by atoms with Gasteiger partial charge >= 0.3 is 18.2 Å². The number of fused-ring (bicyclic) bond motifs is 1. The summed E-state index contributed by atoms with van der Waals surface area (Å²) in [6.45, 7) is 9.93. The Labute approximate surface area is 161 Å². The lowest BCUT2D eigenvalue weighted by molar-refractivity contribution is 0.0431. The highest BCUT2D eigenvalue weighted by Crippen LogP contribution is 2.39. The van der Waals surface area contributed by atoms with Crippen LogP contribution in [0, 0.1) is 0 Å². The van der Waals surface area contributed by atoms with Gasteiger partial charge in [0.2, 0.25) is 0 Å². The first-order chi connectivity index (χ1) is 12.3. The van der Waals surface area contributed by atoms with Crippen molar-refractivity contribution in [2.24, 2.45) is 0 Å². The lowest BCUT2D eigenvalue weighted by Crippen LogP contribution is -2.44. The van der Waals surface area contributed by atoms with Gasteiger partial charge in [0, 0.05) is 10.1 Å². The fourth-order valence-corrected chi connectivity index (χ4v) is 3.30. The molecule has 0 atom stereocenters. The number of carboxylic acid groups (broad SMARTS) is 1. The second kappa shape index (κ2) is 7.19. The molecule has 1 heterocycles. The molecule has 0 saturated heterocycles. The van der Waals surface area contributed by atoms with Crippen molar-refractivity contribution < 1.29 is 29.0 Å². The average Bonchev–Trinajstić information content (AvgIpc) is 2.83. The van der Waals surface area contributed by atoms with Gasteiger partial charge in [-0.1, -0.05) is 18.2 Å². The number of ether oxygens (including phenoxy) is 2. The zero-order valence-electron chi connectivity index (χ0n) is 16.2. The van der Waals surface area contributed by atoms with Crippen LogP contribution in [0.3, 0.4) is 0 Å². The number of anilines is 1. The number of aromatic carboxylic acids is 1. The van der Waals surface area contributed by atoms with Gasteiger partial charge in [-0.05, 0) is 47.6 Å². The van der Waals surface area contributed by atoms with Crippen molar-refractivity contribution in [2.45, 2.75) is 52.7 Å². The molecule has 27 heavy (non-hydrogen) atoms. The highest BCUT2D eigenvalue weighted by molar-refractivity contribution is 7.21. The third kappa shape index (κ3) is 4.97. The van der Waals surface area contributed by atoms with Crippen molar-refractivity contribution in [3.8, 4) is 0 Å². The minimum Gasteiger partial charge on any atom is -0.477 e. The summed E-state index contributed by atoms with van der Waals surface area (Å²) in [5.74, 6) is -1.25. The number of thiophene rings is 1. The van der Waals surface area contributed by atoms with Gasteiger partial charge < -0.3 is 14.6 Å². The van der Waals surface area contributed by atoms with Gasteiger partial charge in [-0.25, -0.2) is 14.4 Å². The topological polar surface area (TPSA) is 93.1 Å². The van der Waals surface area contributed by atoms with Crippen LogP contribution in [0.15, 0.2) is 24.3 Å². The van der Waals surface area contributed by atoms with Crippen LogP contribution in [0.25, 0.3) is 10.1 Å². The number of imide groups is 1. The molecule has 7 nitrogen and oxygen atoms in total. The second-order valence-electron chi connectivity index (χ2n) is 7.88. The molecule has 8 heteroatoms. The molecule has 0 fully saturated rings. The maximum atomic E-state index is 12.8. The predicted octanol–water partition coefficient (Wildman–Crippen LogP) is 5.28. The summed E-state index contributed by atoms with van der Waals surface area (Å²) in [7, 11) is 0. The molecule has 0 aliphatic rings. The van der Waals surface area contributed by atoms with Crippen LogP contribution in [0.4, 0.5) is 15.3 Å². The monoisotopic (exact) mass is 393 g/mol. The highest BCUT2D eigenvalue weighted by atomic mass is 32.1. The number of carboxylic acids is 1. The van der Waals surface area contributed by atoms with Crippen LogP contribution >= 0.6 is 11.3 Å². The number of rotatable bonds is 2. The molecule has 2 amide bonds. The van der Waals surface area contributed by atoms with Gasteiger partial charge in [-0.2, -0.15) is 4.90 Å². The molecule has 1 N–H and O–H groups in total. The molecule has 0 aliphatic carbocycles. The molecule has 146 valence electrons. The van der Waals surface area contributed by atoms with Crippen molar-refractivity contribution in [3.05, 3.63) is 29.1 Å². The van der Waals surface area contributed by atoms with Crippen LogP contribution < -0.4 is 4.90 Å². The molecule has 0 aliphatic heterocycles. The number of amides is 2. The van der Waals surface area contributed by atoms with Gasteiger partial charge in [0.25, 0.3) is 0 Å².